The Labute approximate surface area is 213 Å². The quantitative estimate of drug-likeness (QED) is 0.385. The van der Waals surface area contributed by atoms with Crippen LogP contribution in [0.3, 0.4) is 0 Å². The highest BCUT2D eigenvalue weighted by Crippen LogP contribution is 2.33. The topological polar surface area (TPSA) is 59.5 Å². The number of imidazole rings is 1. The van der Waals surface area contributed by atoms with Gasteiger partial charge in [-0.15, -0.1) is 0 Å². The summed E-state index contributed by atoms with van der Waals surface area (Å²) in [7, 11) is 2.20. The molecule has 1 aromatic heterocycles. The Morgan fingerprint density at radius 2 is 1.61 bits per heavy atom. The van der Waals surface area contributed by atoms with E-state index in [1.54, 1.807) is 0 Å². The summed E-state index contributed by atoms with van der Waals surface area (Å²) in [5, 5.41) is 3.51. The predicted octanol–water partition coefficient (Wildman–Crippen LogP) is 5.87. The van der Waals surface area contributed by atoms with Crippen LogP contribution < -0.4 is 10.2 Å². The lowest BCUT2D eigenvalue weighted by molar-refractivity contribution is 0.313. The number of hydrogen-bond donors (Lipinski definition) is 2. The summed E-state index contributed by atoms with van der Waals surface area (Å²) in [5.41, 5.74) is 10.2. The summed E-state index contributed by atoms with van der Waals surface area (Å²) in [5.74, 6) is 0.887. The van der Waals surface area contributed by atoms with E-state index in [0.29, 0.717) is 0 Å². The standard InChI is InChI=1S/C30H34N6/c1-30(2,3)34-23-8-5-20(6-9-23)29-32-26-11-7-21(18-28(26)33-29)27-19-22-17-24(10-12-25(22)31-27)36-15-13-35(4)14-16-36/h5-12,17-18,34H,13-16,19H2,1-4H3,(H,32,33). The van der Waals surface area contributed by atoms with Crippen molar-refractivity contribution in [1.82, 2.24) is 14.9 Å². The van der Waals surface area contributed by atoms with Crippen molar-refractivity contribution < 1.29 is 0 Å². The van der Waals surface area contributed by atoms with E-state index in [1.807, 2.05) is 0 Å². The van der Waals surface area contributed by atoms with Crippen LogP contribution >= 0.6 is 0 Å². The third-order valence-electron chi connectivity index (χ3n) is 7.04. The van der Waals surface area contributed by atoms with Crippen molar-refractivity contribution in [3.63, 3.8) is 0 Å². The number of rotatable bonds is 4. The van der Waals surface area contributed by atoms with Gasteiger partial charge in [0.1, 0.15) is 5.82 Å². The van der Waals surface area contributed by atoms with E-state index < -0.39 is 0 Å². The molecule has 0 bridgehead atoms. The molecule has 36 heavy (non-hydrogen) atoms. The van der Waals surface area contributed by atoms with Gasteiger partial charge in [0.25, 0.3) is 0 Å². The summed E-state index contributed by atoms with van der Waals surface area (Å²) in [6, 6.07) is 21.6. The van der Waals surface area contributed by atoms with E-state index >= 15 is 0 Å². The number of aliphatic imine (C=N–C) groups is 1. The van der Waals surface area contributed by atoms with Crippen LogP contribution in [0.25, 0.3) is 22.4 Å². The molecule has 1 saturated heterocycles. The van der Waals surface area contributed by atoms with Gasteiger partial charge >= 0.3 is 0 Å². The number of likely N-dealkylation sites (N-methyl/N-ethyl adjacent to an activating group) is 1. The number of aromatic nitrogens is 2. The van der Waals surface area contributed by atoms with E-state index in [9.17, 15) is 0 Å². The summed E-state index contributed by atoms with van der Waals surface area (Å²) in [6.07, 6.45) is 0.867. The first kappa shape index (κ1) is 22.8. The second-order valence-corrected chi connectivity index (χ2v) is 11.1. The van der Waals surface area contributed by atoms with Gasteiger partial charge in [-0.1, -0.05) is 6.07 Å². The molecule has 0 spiro atoms. The van der Waals surface area contributed by atoms with Crippen molar-refractivity contribution >= 4 is 33.8 Å². The number of piperazine rings is 1. The Bertz CT molecular complexity index is 1430. The molecule has 0 unspecified atom stereocenters. The van der Waals surface area contributed by atoms with Gasteiger partial charge in [0.2, 0.25) is 0 Å². The van der Waals surface area contributed by atoms with Gasteiger partial charge in [-0.25, -0.2) is 4.98 Å². The lowest BCUT2D eigenvalue weighted by Crippen LogP contribution is -2.44. The van der Waals surface area contributed by atoms with Crippen LogP contribution in [0.15, 0.2) is 65.7 Å². The van der Waals surface area contributed by atoms with Crippen LogP contribution in [0, 0.1) is 0 Å². The summed E-state index contributed by atoms with van der Waals surface area (Å²) in [6.45, 7) is 10.9. The zero-order valence-electron chi connectivity index (χ0n) is 21.6. The monoisotopic (exact) mass is 478 g/mol. The van der Waals surface area contributed by atoms with Crippen molar-refractivity contribution in [1.29, 1.82) is 0 Å². The minimum Gasteiger partial charge on any atom is -0.380 e. The number of H-pyrrole nitrogens is 1. The number of hydrogen-bond acceptors (Lipinski definition) is 5. The second-order valence-electron chi connectivity index (χ2n) is 11.1. The third-order valence-corrected chi connectivity index (χ3v) is 7.04. The fraction of sp³-hybridized carbons (Fsp3) is 0.333. The molecule has 2 N–H and O–H groups in total. The molecule has 1 fully saturated rings. The van der Waals surface area contributed by atoms with Crippen LogP contribution in [0.4, 0.5) is 17.1 Å². The maximum Gasteiger partial charge on any atom is 0.138 e. The average Bonchev–Trinajstić information content (AvgIpc) is 3.47. The van der Waals surface area contributed by atoms with Crippen LogP contribution in [-0.4, -0.2) is 59.3 Å². The average molecular weight is 479 g/mol. The lowest BCUT2D eigenvalue weighted by Gasteiger charge is -2.34. The zero-order chi connectivity index (χ0) is 24.9. The lowest BCUT2D eigenvalue weighted by atomic mass is 10.0. The van der Waals surface area contributed by atoms with Gasteiger partial charge in [-0.05, 0) is 93.5 Å². The van der Waals surface area contributed by atoms with E-state index in [4.69, 9.17) is 9.98 Å². The van der Waals surface area contributed by atoms with Crippen molar-refractivity contribution in [3.05, 3.63) is 71.8 Å². The van der Waals surface area contributed by atoms with Gasteiger partial charge in [-0.3, -0.25) is 4.99 Å². The van der Waals surface area contributed by atoms with E-state index in [2.05, 4.69) is 109 Å². The normalized spacial score (nSPS) is 16.3. The zero-order valence-corrected chi connectivity index (χ0v) is 21.6. The minimum absolute atomic E-state index is 0.0338. The first-order valence-corrected chi connectivity index (χ1v) is 12.8. The maximum absolute atomic E-state index is 4.98. The molecule has 184 valence electrons. The molecule has 2 aliphatic rings. The third kappa shape index (κ3) is 4.61. The molecular weight excluding hydrogens is 444 g/mol. The molecule has 3 heterocycles. The fourth-order valence-electron chi connectivity index (χ4n) is 5.09. The molecule has 3 aromatic carbocycles. The number of nitrogens with one attached hydrogen (secondary N) is 2. The summed E-state index contributed by atoms with van der Waals surface area (Å²) < 4.78 is 0. The van der Waals surface area contributed by atoms with Gasteiger partial charge in [0.05, 0.1) is 22.4 Å². The maximum atomic E-state index is 4.98. The molecule has 0 atom stereocenters. The Morgan fingerprint density at radius 1 is 0.861 bits per heavy atom. The summed E-state index contributed by atoms with van der Waals surface area (Å²) in [4.78, 5) is 18.2. The molecule has 6 nitrogen and oxygen atoms in total. The van der Waals surface area contributed by atoms with Crippen LogP contribution in [0.1, 0.15) is 31.9 Å². The Kier molecular flexibility index (Phi) is 5.56. The smallest absolute Gasteiger partial charge is 0.138 e. The molecule has 0 saturated carbocycles. The molecule has 6 rings (SSSR count). The highest BCUT2D eigenvalue weighted by molar-refractivity contribution is 6.08. The van der Waals surface area contributed by atoms with Gasteiger partial charge in [-0.2, -0.15) is 0 Å². The van der Waals surface area contributed by atoms with E-state index in [1.165, 1.54) is 11.3 Å². The SMILES string of the molecule is CN1CCN(c2ccc3c(c2)CC(c2ccc4nc(-c5ccc(NC(C)(C)C)cc5)[nH]c4c2)=N3)CC1. The molecule has 6 heteroatoms. The number of aromatic amines is 1. The minimum atomic E-state index is 0.0338. The van der Waals surface area contributed by atoms with Crippen molar-refractivity contribution in [2.45, 2.75) is 32.7 Å². The van der Waals surface area contributed by atoms with Gasteiger partial charge in [0.15, 0.2) is 0 Å². The molecule has 0 aliphatic carbocycles. The number of fused-ring (bicyclic) bond motifs is 2. The summed E-state index contributed by atoms with van der Waals surface area (Å²) >= 11 is 0. The molecule has 0 amide bonds. The number of anilines is 2. The van der Waals surface area contributed by atoms with Gasteiger partial charge in [0, 0.05) is 55.1 Å². The molecular formula is C30H34N6. The Hall–Kier alpha value is -3.64. The van der Waals surface area contributed by atoms with Crippen molar-refractivity contribution in [2.24, 2.45) is 4.99 Å². The highest BCUT2D eigenvalue weighted by Gasteiger charge is 2.20. The first-order valence-electron chi connectivity index (χ1n) is 12.8. The Morgan fingerprint density at radius 3 is 2.36 bits per heavy atom. The van der Waals surface area contributed by atoms with Crippen LogP contribution in [0.2, 0.25) is 0 Å². The van der Waals surface area contributed by atoms with Crippen molar-refractivity contribution in [2.75, 3.05) is 43.4 Å². The molecule has 4 aromatic rings. The first-order chi connectivity index (χ1) is 17.3. The van der Waals surface area contributed by atoms with E-state index in [0.717, 1.165) is 77.7 Å². The highest BCUT2D eigenvalue weighted by atomic mass is 15.2. The van der Waals surface area contributed by atoms with Crippen molar-refractivity contribution in [3.8, 4) is 11.4 Å². The molecule has 2 aliphatic heterocycles. The number of nitrogens with zero attached hydrogens (tertiary/aromatic N) is 4. The fourth-order valence-corrected chi connectivity index (χ4v) is 5.09. The second kappa shape index (κ2) is 8.79. The Balaban J connectivity index is 1.20. The largest absolute Gasteiger partial charge is 0.380 e. The van der Waals surface area contributed by atoms with Gasteiger partial charge < -0.3 is 20.1 Å². The van der Waals surface area contributed by atoms with E-state index in [-0.39, 0.29) is 5.54 Å². The molecule has 0 radical (unpaired) electrons. The predicted molar refractivity (Wildman–Crippen MR) is 151 cm³/mol. The van der Waals surface area contributed by atoms with Crippen LogP contribution in [-0.2, 0) is 6.42 Å². The number of benzene rings is 3. The van der Waals surface area contributed by atoms with Crippen LogP contribution in [0.5, 0.6) is 0 Å².